The summed E-state index contributed by atoms with van der Waals surface area (Å²) in [4.78, 5) is 27.5. The quantitative estimate of drug-likeness (QED) is 0.449. The summed E-state index contributed by atoms with van der Waals surface area (Å²) in [6, 6.07) is 15.3. The second-order valence-corrected chi connectivity index (χ2v) is 11.0. The van der Waals surface area contributed by atoms with Gasteiger partial charge in [0.15, 0.2) is 0 Å². The average molecular weight is 556 g/mol. The molecule has 2 amide bonds. The maximum atomic E-state index is 13.1. The predicted molar refractivity (Wildman–Crippen MR) is 132 cm³/mol. The molecule has 0 bridgehead atoms. The van der Waals surface area contributed by atoms with E-state index in [0.717, 1.165) is 25.8 Å². The molecule has 7 heteroatoms. The minimum atomic E-state index is -0.566. The number of carbonyl (C=O) groups is 2. The molecule has 0 spiro atoms. The Morgan fingerprint density at radius 1 is 1.03 bits per heavy atom. The van der Waals surface area contributed by atoms with Crippen LogP contribution < -0.4 is 5.32 Å². The smallest absolute Gasteiger partial charge is 0.242 e. The molecule has 2 aromatic rings. The number of nitrogens with one attached hydrogen (secondary N) is 1. The van der Waals surface area contributed by atoms with Crippen molar-refractivity contribution in [2.45, 2.75) is 51.6 Å². The monoisotopic (exact) mass is 554 g/mol. The van der Waals surface area contributed by atoms with E-state index in [9.17, 15) is 9.59 Å². The van der Waals surface area contributed by atoms with Crippen molar-refractivity contribution in [3.8, 4) is 0 Å². The number of thioether (sulfide) groups is 1. The van der Waals surface area contributed by atoms with Gasteiger partial charge in [0.1, 0.15) is 6.04 Å². The van der Waals surface area contributed by atoms with Gasteiger partial charge in [0.2, 0.25) is 11.8 Å². The van der Waals surface area contributed by atoms with Crippen LogP contribution in [0.3, 0.4) is 0 Å². The predicted octanol–water partition coefficient (Wildman–Crippen LogP) is 5.78. The van der Waals surface area contributed by atoms with Crippen LogP contribution in [0.15, 0.2) is 57.5 Å². The molecule has 2 rings (SSSR count). The van der Waals surface area contributed by atoms with Crippen molar-refractivity contribution in [3.63, 3.8) is 0 Å². The fourth-order valence-corrected chi connectivity index (χ4v) is 4.39. The van der Waals surface area contributed by atoms with Gasteiger partial charge < -0.3 is 10.2 Å². The third kappa shape index (κ3) is 8.44. The third-order valence-corrected chi connectivity index (χ3v) is 6.33. The molecular weight excluding hydrogens is 528 g/mol. The largest absolute Gasteiger partial charge is 0.350 e. The van der Waals surface area contributed by atoms with Gasteiger partial charge in [0, 0.05) is 26.8 Å². The first-order valence-corrected chi connectivity index (χ1v) is 12.5. The van der Waals surface area contributed by atoms with Gasteiger partial charge in [-0.05, 0) is 63.1 Å². The van der Waals surface area contributed by atoms with Crippen molar-refractivity contribution in [2.24, 2.45) is 0 Å². The normalized spacial score (nSPS) is 12.3. The van der Waals surface area contributed by atoms with Crippen LogP contribution in [0, 0.1) is 0 Å². The summed E-state index contributed by atoms with van der Waals surface area (Å²) >= 11 is 8.47. The third-order valence-electron chi connectivity index (χ3n) is 4.31. The summed E-state index contributed by atoms with van der Waals surface area (Å²) in [5.74, 6) is 0.862. The van der Waals surface area contributed by atoms with Crippen LogP contribution in [0.25, 0.3) is 0 Å². The summed E-state index contributed by atoms with van der Waals surface area (Å²) in [6.07, 6.45) is 0. The van der Waals surface area contributed by atoms with Gasteiger partial charge >= 0.3 is 0 Å². The molecule has 0 heterocycles. The molecule has 0 fully saturated rings. The first-order valence-electron chi connectivity index (χ1n) is 9.73. The molecule has 0 aliphatic rings. The highest BCUT2D eigenvalue weighted by molar-refractivity contribution is 9.10. The van der Waals surface area contributed by atoms with Gasteiger partial charge in [0.05, 0.1) is 5.75 Å². The molecule has 0 aliphatic carbocycles. The zero-order valence-corrected chi connectivity index (χ0v) is 21.7. The van der Waals surface area contributed by atoms with E-state index >= 15 is 0 Å². The summed E-state index contributed by atoms with van der Waals surface area (Å²) in [5, 5.41) is 2.99. The maximum Gasteiger partial charge on any atom is 0.242 e. The van der Waals surface area contributed by atoms with E-state index in [0.29, 0.717) is 12.3 Å². The first-order chi connectivity index (χ1) is 14.0. The molecule has 0 saturated heterocycles. The Balaban J connectivity index is 2.09. The fraction of sp³-hybridized carbons (Fsp3) is 0.391. The van der Waals surface area contributed by atoms with Crippen LogP contribution in [0.2, 0.25) is 0 Å². The molecule has 1 N–H and O–H groups in total. The van der Waals surface area contributed by atoms with Gasteiger partial charge in [-0.2, -0.15) is 0 Å². The number of carbonyl (C=O) groups excluding carboxylic acids is 2. The number of hydrogen-bond acceptors (Lipinski definition) is 3. The van der Waals surface area contributed by atoms with Crippen LogP contribution in [-0.2, 0) is 21.9 Å². The Morgan fingerprint density at radius 2 is 1.70 bits per heavy atom. The van der Waals surface area contributed by atoms with Crippen LogP contribution in [0.1, 0.15) is 38.8 Å². The van der Waals surface area contributed by atoms with E-state index in [-0.39, 0.29) is 17.4 Å². The topological polar surface area (TPSA) is 49.4 Å². The summed E-state index contributed by atoms with van der Waals surface area (Å²) in [5.41, 5.74) is 1.78. The molecule has 4 nitrogen and oxygen atoms in total. The molecular formula is C23H28Br2N2O2S. The second kappa shape index (κ2) is 11.3. The van der Waals surface area contributed by atoms with Crippen LogP contribution >= 0.6 is 43.6 Å². The molecule has 162 valence electrons. The van der Waals surface area contributed by atoms with Crippen molar-refractivity contribution >= 4 is 55.4 Å². The van der Waals surface area contributed by atoms with Crippen molar-refractivity contribution in [2.75, 3.05) is 5.75 Å². The van der Waals surface area contributed by atoms with Gasteiger partial charge in [-0.1, -0.05) is 56.1 Å². The lowest BCUT2D eigenvalue weighted by atomic mass is 10.1. The van der Waals surface area contributed by atoms with Crippen molar-refractivity contribution < 1.29 is 9.59 Å². The maximum absolute atomic E-state index is 13.1. The van der Waals surface area contributed by atoms with E-state index in [1.165, 1.54) is 0 Å². The van der Waals surface area contributed by atoms with E-state index in [1.807, 2.05) is 69.3 Å². The Kier molecular flexibility index (Phi) is 9.44. The second-order valence-electron chi connectivity index (χ2n) is 8.19. The minimum Gasteiger partial charge on any atom is -0.350 e. The number of halogens is 2. The molecule has 2 aromatic carbocycles. The van der Waals surface area contributed by atoms with Gasteiger partial charge in [-0.15, -0.1) is 11.8 Å². The number of hydrogen-bond donors (Lipinski definition) is 1. The van der Waals surface area contributed by atoms with Gasteiger partial charge in [-0.3, -0.25) is 9.59 Å². The SMILES string of the molecule is C[C@@H](C(=O)NC(C)(C)C)N(Cc1cccc(Br)c1)C(=O)CSCc1ccc(Br)cc1. The van der Waals surface area contributed by atoms with Crippen LogP contribution in [0.4, 0.5) is 0 Å². The van der Waals surface area contributed by atoms with Crippen molar-refractivity contribution in [1.29, 1.82) is 0 Å². The highest BCUT2D eigenvalue weighted by Gasteiger charge is 2.28. The van der Waals surface area contributed by atoms with Crippen LogP contribution in [-0.4, -0.2) is 34.0 Å². The summed E-state index contributed by atoms with van der Waals surface area (Å²) < 4.78 is 1.98. The average Bonchev–Trinajstić information content (AvgIpc) is 2.65. The standard InChI is InChI=1S/C23H28Br2N2O2S/c1-16(22(29)26-23(2,3)4)27(13-18-6-5-7-20(25)12-18)21(28)15-30-14-17-8-10-19(24)11-9-17/h5-12,16H,13-15H2,1-4H3,(H,26,29)/t16-/m0/s1. The Bertz CT molecular complexity index is 866. The number of rotatable bonds is 8. The zero-order chi connectivity index (χ0) is 22.3. The number of amides is 2. The fourth-order valence-electron chi connectivity index (χ4n) is 2.81. The van der Waals surface area contributed by atoms with Crippen molar-refractivity contribution in [3.05, 3.63) is 68.6 Å². The lowest BCUT2D eigenvalue weighted by Gasteiger charge is -2.31. The van der Waals surface area contributed by atoms with Gasteiger partial charge in [-0.25, -0.2) is 0 Å². The molecule has 0 saturated carbocycles. The highest BCUT2D eigenvalue weighted by atomic mass is 79.9. The lowest BCUT2D eigenvalue weighted by Crippen LogP contribution is -2.52. The molecule has 0 aromatic heterocycles. The highest BCUT2D eigenvalue weighted by Crippen LogP contribution is 2.19. The summed E-state index contributed by atoms with van der Waals surface area (Å²) in [6.45, 7) is 7.98. The molecule has 0 unspecified atom stereocenters. The van der Waals surface area contributed by atoms with E-state index in [4.69, 9.17) is 0 Å². The van der Waals surface area contributed by atoms with Gasteiger partial charge in [0.25, 0.3) is 0 Å². The van der Waals surface area contributed by atoms with Crippen LogP contribution in [0.5, 0.6) is 0 Å². The molecule has 30 heavy (non-hydrogen) atoms. The lowest BCUT2D eigenvalue weighted by molar-refractivity contribution is -0.139. The number of benzene rings is 2. The molecule has 1 atom stereocenters. The molecule has 0 aliphatic heterocycles. The van der Waals surface area contributed by atoms with Crippen molar-refractivity contribution in [1.82, 2.24) is 10.2 Å². The molecule has 0 radical (unpaired) electrons. The Morgan fingerprint density at radius 3 is 2.30 bits per heavy atom. The van der Waals surface area contributed by atoms with E-state index in [1.54, 1.807) is 23.6 Å². The van der Waals surface area contributed by atoms with E-state index in [2.05, 4.69) is 37.2 Å². The number of nitrogens with zero attached hydrogens (tertiary/aromatic N) is 1. The first kappa shape index (κ1) is 25.0. The summed E-state index contributed by atoms with van der Waals surface area (Å²) in [7, 11) is 0. The van der Waals surface area contributed by atoms with E-state index < -0.39 is 6.04 Å². The zero-order valence-electron chi connectivity index (χ0n) is 17.7. The Labute approximate surface area is 200 Å². The Hall–Kier alpha value is -1.31. The minimum absolute atomic E-state index is 0.0475.